The third kappa shape index (κ3) is 1.68. The standard InChI is InChI=1S/C13H16FNO2/c1-15(2)11-9(5-3-6-10(11)14)13(12(16)17)7-4-8-13/h3,5-6H,4,7-8H2,1-2H3,(H,16,17). The summed E-state index contributed by atoms with van der Waals surface area (Å²) in [5, 5.41) is 9.39. The number of anilines is 1. The van der Waals surface area contributed by atoms with E-state index in [1.807, 2.05) is 0 Å². The van der Waals surface area contributed by atoms with Crippen LogP contribution in [0, 0.1) is 5.82 Å². The minimum Gasteiger partial charge on any atom is -0.481 e. The molecule has 0 bridgehead atoms. The van der Waals surface area contributed by atoms with Crippen molar-refractivity contribution in [2.45, 2.75) is 24.7 Å². The molecule has 1 aliphatic rings. The van der Waals surface area contributed by atoms with Crippen LogP contribution in [-0.4, -0.2) is 25.2 Å². The van der Waals surface area contributed by atoms with E-state index in [2.05, 4.69) is 0 Å². The number of para-hydroxylation sites is 1. The van der Waals surface area contributed by atoms with Crippen molar-refractivity contribution in [2.24, 2.45) is 0 Å². The predicted octanol–water partition coefficient (Wildman–Crippen LogP) is 2.40. The van der Waals surface area contributed by atoms with Gasteiger partial charge < -0.3 is 10.0 Å². The van der Waals surface area contributed by atoms with Crippen molar-refractivity contribution in [3.8, 4) is 0 Å². The van der Waals surface area contributed by atoms with Crippen molar-refractivity contribution in [2.75, 3.05) is 19.0 Å². The van der Waals surface area contributed by atoms with Crippen LogP contribution in [0.4, 0.5) is 10.1 Å². The zero-order valence-corrected chi connectivity index (χ0v) is 10.0. The second-order valence-electron chi connectivity index (χ2n) is 4.77. The lowest BCUT2D eigenvalue weighted by atomic mass is 9.64. The number of hydrogen-bond acceptors (Lipinski definition) is 2. The van der Waals surface area contributed by atoms with Gasteiger partial charge in [-0.2, -0.15) is 0 Å². The van der Waals surface area contributed by atoms with Gasteiger partial charge in [-0.3, -0.25) is 4.79 Å². The van der Waals surface area contributed by atoms with Crippen LogP contribution in [0.25, 0.3) is 0 Å². The Morgan fingerprint density at radius 1 is 1.41 bits per heavy atom. The van der Waals surface area contributed by atoms with Gasteiger partial charge in [0.25, 0.3) is 0 Å². The smallest absolute Gasteiger partial charge is 0.314 e. The van der Waals surface area contributed by atoms with Gasteiger partial charge in [0.1, 0.15) is 5.82 Å². The van der Waals surface area contributed by atoms with Crippen LogP contribution >= 0.6 is 0 Å². The summed E-state index contributed by atoms with van der Waals surface area (Å²) in [7, 11) is 3.46. The average Bonchev–Trinajstić information content (AvgIpc) is 2.14. The SMILES string of the molecule is CN(C)c1c(F)cccc1C1(C(=O)O)CCC1. The van der Waals surface area contributed by atoms with E-state index >= 15 is 0 Å². The van der Waals surface area contributed by atoms with Gasteiger partial charge in [-0.15, -0.1) is 0 Å². The Kier molecular flexibility index (Phi) is 2.81. The molecule has 3 nitrogen and oxygen atoms in total. The van der Waals surface area contributed by atoms with E-state index in [9.17, 15) is 14.3 Å². The monoisotopic (exact) mass is 237 g/mol. The molecular formula is C13H16FNO2. The molecule has 1 N–H and O–H groups in total. The second kappa shape index (κ2) is 4.02. The molecule has 1 aliphatic carbocycles. The molecule has 1 saturated carbocycles. The second-order valence-corrected chi connectivity index (χ2v) is 4.77. The fraction of sp³-hybridized carbons (Fsp3) is 0.462. The van der Waals surface area contributed by atoms with Gasteiger partial charge in [-0.1, -0.05) is 18.6 Å². The minimum atomic E-state index is -0.887. The summed E-state index contributed by atoms with van der Waals surface area (Å²) in [5.41, 5.74) is 0.109. The largest absolute Gasteiger partial charge is 0.481 e. The number of carboxylic acids is 1. The molecule has 4 heteroatoms. The summed E-state index contributed by atoms with van der Waals surface area (Å²) < 4.78 is 13.8. The van der Waals surface area contributed by atoms with Gasteiger partial charge in [-0.25, -0.2) is 4.39 Å². The topological polar surface area (TPSA) is 40.5 Å². The van der Waals surface area contributed by atoms with Crippen LogP contribution in [0.2, 0.25) is 0 Å². The maximum Gasteiger partial charge on any atom is 0.314 e. The Morgan fingerprint density at radius 3 is 2.47 bits per heavy atom. The number of nitrogens with zero attached hydrogens (tertiary/aromatic N) is 1. The normalized spacial score (nSPS) is 17.4. The molecule has 0 spiro atoms. The Balaban J connectivity index is 2.59. The first kappa shape index (κ1) is 11.9. The first-order chi connectivity index (χ1) is 7.99. The Hall–Kier alpha value is -1.58. The number of rotatable bonds is 3. The van der Waals surface area contributed by atoms with E-state index in [1.54, 1.807) is 31.1 Å². The van der Waals surface area contributed by atoms with Gasteiger partial charge in [0.2, 0.25) is 0 Å². The Bertz CT molecular complexity index is 453. The predicted molar refractivity (Wildman–Crippen MR) is 63.9 cm³/mol. The van der Waals surface area contributed by atoms with Crippen molar-refractivity contribution in [1.82, 2.24) is 0 Å². The molecule has 1 fully saturated rings. The molecule has 1 aromatic carbocycles. The van der Waals surface area contributed by atoms with Crippen LogP contribution in [-0.2, 0) is 10.2 Å². The molecule has 2 rings (SSSR count). The number of benzene rings is 1. The molecule has 17 heavy (non-hydrogen) atoms. The van der Waals surface area contributed by atoms with E-state index in [-0.39, 0.29) is 5.82 Å². The van der Waals surface area contributed by atoms with Crippen molar-refractivity contribution in [3.63, 3.8) is 0 Å². The van der Waals surface area contributed by atoms with Crippen LogP contribution in [0.15, 0.2) is 18.2 Å². The van der Waals surface area contributed by atoms with E-state index in [0.717, 1.165) is 6.42 Å². The van der Waals surface area contributed by atoms with E-state index in [0.29, 0.717) is 24.1 Å². The first-order valence-electron chi connectivity index (χ1n) is 5.69. The maximum absolute atomic E-state index is 13.8. The van der Waals surface area contributed by atoms with Crippen molar-refractivity contribution in [3.05, 3.63) is 29.6 Å². The zero-order chi connectivity index (χ0) is 12.6. The highest BCUT2D eigenvalue weighted by atomic mass is 19.1. The molecule has 1 aromatic rings. The fourth-order valence-electron chi connectivity index (χ4n) is 2.48. The highest BCUT2D eigenvalue weighted by molar-refractivity contribution is 5.85. The summed E-state index contributed by atoms with van der Waals surface area (Å²) in [6, 6.07) is 4.68. The average molecular weight is 237 g/mol. The summed E-state index contributed by atoms with van der Waals surface area (Å²) in [4.78, 5) is 13.1. The summed E-state index contributed by atoms with van der Waals surface area (Å²) in [6.45, 7) is 0. The number of aliphatic carboxylic acids is 1. The summed E-state index contributed by atoms with van der Waals surface area (Å²) in [6.07, 6.45) is 2.06. The molecule has 0 radical (unpaired) electrons. The zero-order valence-electron chi connectivity index (χ0n) is 10.0. The summed E-state index contributed by atoms with van der Waals surface area (Å²) in [5.74, 6) is -1.21. The molecule has 0 atom stereocenters. The molecule has 0 saturated heterocycles. The fourth-order valence-corrected chi connectivity index (χ4v) is 2.48. The van der Waals surface area contributed by atoms with Crippen molar-refractivity contribution >= 4 is 11.7 Å². The van der Waals surface area contributed by atoms with Crippen LogP contribution in [0.3, 0.4) is 0 Å². The van der Waals surface area contributed by atoms with Gasteiger partial charge in [0.15, 0.2) is 0 Å². The molecular weight excluding hydrogens is 221 g/mol. The third-order valence-corrected chi connectivity index (χ3v) is 3.57. The van der Waals surface area contributed by atoms with Crippen molar-refractivity contribution in [1.29, 1.82) is 0 Å². The van der Waals surface area contributed by atoms with Gasteiger partial charge >= 0.3 is 5.97 Å². The van der Waals surface area contributed by atoms with Gasteiger partial charge in [0, 0.05) is 14.1 Å². The Labute approximate surface area is 99.9 Å². The van der Waals surface area contributed by atoms with E-state index in [1.165, 1.54) is 6.07 Å². The third-order valence-electron chi connectivity index (χ3n) is 3.57. The number of carbonyl (C=O) groups is 1. The minimum absolute atomic E-state index is 0.361. The molecule has 0 aromatic heterocycles. The highest BCUT2D eigenvalue weighted by Crippen LogP contribution is 2.47. The van der Waals surface area contributed by atoms with Gasteiger partial charge in [-0.05, 0) is 24.5 Å². The van der Waals surface area contributed by atoms with Gasteiger partial charge in [0.05, 0.1) is 11.1 Å². The first-order valence-corrected chi connectivity index (χ1v) is 5.69. The molecule has 0 unspecified atom stereocenters. The molecule has 0 aliphatic heterocycles. The lowest BCUT2D eigenvalue weighted by Crippen LogP contribution is -2.43. The lowest BCUT2D eigenvalue weighted by molar-refractivity contribution is -0.147. The molecule has 0 heterocycles. The van der Waals surface area contributed by atoms with E-state index in [4.69, 9.17) is 0 Å². The Morgan fingerprint density at radius 2 is 2.06 bits per heavy atom. The van der Waals surface area contributed by atoms with Crippen LogP contribution in [0.5, 0.6) is 0 Å². The lowest BCUT2D eigenvalue weighted by Gasteiger charge is -2.40. The number of carboxylic acid groups (broad SMARTS) is 1. The van der Waals surface area contributed by atoms with Crippen LogP contribution < -0.4 is 4.90 Å². The highest BCUT2D eigenvalue weighted by Gasteiger charge is 2.47. The summed E-state index contributed by atoms with van der Waals surface area (Å²) >= 11 is 0. The van der Waals surface area contributed by atoms with Crippen LogP contribution in [0.1, 0.15) is 24.8 Å². The maximum atomic E-state index is 13.8. The molecule has 0 amide bonds. The number of halogens is 1. The quantitative estimate of drug-likeness (QED) is 0.877. The van der Waals surface area contributed by atoms with Crippen molar-refractivity contribution < 1.29 is 14.3 Å². The van der Waals surface area contributed by atoms with E-state index < -0.39 is 11.4 Å². The number of hydrogen-bond donors (Lipinski definition) is 1. The molecule has 92 valence electrons.